The fourth-order valence-corrected chi connectivity index (χ4v) is 1.88. The molecule has 1 heterocycles. The zero-order valence-corrected chi connectivity index (χ0v) is 10.1. The summed E-state index contributed by atoms with van der Waals surface area (Å²) in [4.78, 5) is 11.8. The summed E-state index contributed by atoms with van der Waals surface area (Å²) in [5.74, 6) is -1.88. The van der Waals surface area contributed by atoms with Crippen LogP contribution in [0.1, 0.15) is 17.8 Å². The van der Waals surface area contributed by atoms with Gasteiger partial charge in [-0.3, -0.25) is 4.79 Å². The first-order valence-electron chi connectivity index (χ1n) is 6.03. The molecule has 3 atom stereocenters. The van der Waals surface area contributed by atoms with Gasteiger partial charge >= 0.3 is 0 Å². The number of ether oxygens (including phenoxy) is 2. The topological polar surface area (TPSA) is 35.5 Å². The number of esters is 1. The van der Waals surface area contributed by atoms with E-state index in [1.54, 1.807) is 0 Å². The van der Waals surface area contributed by atoms with Crippen LogP contribution in [0, 0.1) is 0 Å². The van der Waals surface area contributed by atoms with Crippen molar-refractivity contribution < 1.29 is 14.3 Å². The minimum Gasteiger partial charge on any atom is -0.460 e. The van der Waals surface area contributed by atoms with Crippen LogP contribution in [0.5, 0.6) is 0 Å². The molecule has 90 valence electrons. The van der Waals surface area contributed by atoms with E-state index in [1.165, 1.54) is 0 Å². The van der Waals surface area contributed by atoms with E-state index < -0.39 is 17.6 Å². The third-order valence-electron chi connectivity index (χ3n) is 3.01. The summed E-state index contributed by atoms with van der Waals surface area (Å²) in [6.07, 6.45) is 0.533. The first kappa shape index (κ1) is 13.2. The molecule has 1 aliphatic heterocycles. The second kappa shape index (κ2) is 6.10. The number of hydrogen-bond donors (Lipinski definition) is 0. The normalized spacial score (nSPS) is 22.3. The van der Waals surface area contributed by atoms with Crippen LogP contribution < -0.4 is 0 Å². The Labute approximate surface area is 110 Å². The van der Waals surface area contributed by atoms with Crippen LogP contribution >= 0.6 is 0 Å². The van der Waals surface area contributed by atoms with Gasteiger partial charge in [0, 0.05) is 12.2 Å². The minimum atomic E-state index is -0.854. The molecule has 3 nitrogen and oxygen atoms in total. The zero-order chi connectivity index (χ0) is 13.0. The Morgan fingerprint density at radius 3 is 2.67 bits per heavy atom. The molecule has 5 heteroatoms. The van der Waals surface area contributed by atoms with Crippen LogP contribution in [0.3, 0.4) is 0 Å². The van der Waals surface area contributed by atoms with E-state index in [9.17, 15) is 4.79 Å². The SMILES string of the molecule is [B]C(C(=O)OC1CCOC1)C([B])c1ccccc1. The maximum absolute atomic E-state index is 11.8. The summed E-state index contributed by atoms with van der Waals surface area (Å²) >= 11 is 0. The van der Waals surface area contributed by atoms with Gasteiger partial charge in [-0.15, -0.1) is 0 Å². The fourth-order valence-electron chi connectivity index (χ4n) is 1.88. The molecule has 1 aliphatic rings. The second-order valence-electron chi connectivity index (χ2n) is 4.38. The molecular formula is C13H14B2O3. The first-order valence-corrected chi connectivity index (χ1v) is 6.03. The van der Waals surface area contributed by atoms with Gasteiger partial charge in [-0.25, -0.2) is 0 Å². The van der Waals surface area contributed by atoms with Gasteiger partial charge in [-0.2, -0.15) is 0 Å². The molecule has 1 aromatic rings. The number of benzene rings is 1. The third kappa shape index (κ3) is 3.16. The Hall–Kier alpha value is -1.22. The highest BCUT2D eigenvalue weighted by molar-refractivity contribution is 6.29. The average molecular weight is 240 g/mol. The second-order valence-corrected chi connectivity index (χ2v) is 4.38. The number of hydrogen-bond acceptors (Lipinski definition) is 3. The van der Waals surface area contributed by atoms with E-state index in [0.29, 0.717) is 13.2 Å². The highest BCUT2D eigenvalue weighted by atomic mass is 16.6. The summed E-state index contributed by atoms with van der Waals surface area (Å²) < 4.78 is 10.4. The van der Waals surface area contributed by atoms with E-state index in [1.807, 2.05) is 30.3 Å². The van der Waals surface area contributed by atoms with Crippen LogP contribution in [0.4, 0.5) is 0 Å². The van der Waals surface area contributed by atoms with Gasteiger partial charge in [0.25, 0.3) is 5.97 Å². The molecule has 0 aliphatic carbocycles. The van der Waals surface area contributed by atoms with Gasteiger partial charge < -0.3 is 9.47 Å². The van der Waals surface area contributed by atoms with E-state index in [0.717, 1.165) is 12.0 Å². The van der Waals surface area contributed by atoms with E-state index in [-0.39, 0.29) is 6.10 Å². The number of carbonyl (C=O) groups is 1. The van der Waals surface area contributed by atoms with Gasteiger partial charge in [0.1, 0.15) is 6.10 Å². The van der Waals surface area contributed by atoms with Gasteiger partial charge in [0.05, 0.1) is 28.9 Å². The standard InChI is InChI=1S/C13H14B2O3/c14-11(9-4-2-1-3-5-9)12(15)13(16)18-10-6-7-17-8-10/h1-5,10-12H,6-8H2. The van der Waals surface area contributed by atoms with Crippen molar-refractivity contribution in [1.29, 1.82) is 0 Å². The Balaban J connectivity index is 1.93. The van der Waals surface area contributed by atoms with Crippen molar-refractivity contribution in [3.63, 3.8) is 0 Å². The molecule has 4 radical (unpaired) electrons. The largest absolute Gasteiger partial charge is 0.460 e. The van der Waals surface area contributed by atoms with Crippen molar-refractivity contribution in [2.24, 2.45) is 0 Å². The average Bonchev–Trinajstić information content (AvgIpc) is 2.91. The lowest BCUT2D eigenvalue weighted by Gasteiger charge is -2.21. The minimum absolute atomic E-state index is 0.188. The Morgan fingerprint density at radius 1 is 1.33 bits per heavy atom. The highest BCUT2D eigenvalue weighted by Gasteiger charge is 2.26. The van der Waals surface area contributed by atoms with Gasteiger partial charge in [0.2, 0.25) is 0 Å². The molecule has 18 heavy (non-hydrogen) atoms. The Bertz CT molecular complexity index is 390. The van der Waals surface area contributed by atoms with Crippen LogP contribution in [0.25, 0.3) is 0 Å². The summed E-state index contributed by atoms with van der Waals surface area (Å²) in [5, 5.41) is 0. The number of rotatable bonds is 4. The maximum Gasteiger partial charge on any atom is 0.300 e. The summed E-state index contributed by atoms with van der Waals surface area (Å²) in [6.45, 7) is 1.07. The van der Waals surface area contributed by atoms with Crippen molar-refractivity contribution in [2.75, 3.05) is 13.2 Å². The zero-order valence-electron chi connectivity index (χ0n) is 10.1. The maximum atomic E-state index is 11.8. The molecule has 0 aromatic heterocycles. The highest BCUT2D eigenvalue weighted by Crippen LogP contribution is 2.25. The lowest BCUT2D eigenvalue weighted by molar-refractivity contribution is -0.148. The molecule has 0 N–H and O–H groups in total. The third-order valence-corrected chi connectivity index (χ3v) is 3.01. The quantitative estimate of drug-likeness (QED) is 0.585. The molecule has 1 fully saturated rings. The monoisotopic (exact) mass is 240 g/mol. The van der Waals surface area contributed by atoms with Crippen molar-refractivity contribution >= 4 is 21.7 Å². The molecule has 1 aromatic carbocycles. The molecule has 0 saturated carbocycles. The molecule has 0 bridgehead atoms. The fraction of sp³-hybridized carbons (Fsp3) is 0.462. The summed E-state index contributed by atoms with van der Waals surface area (Å²) in [7, 11) is 11.8. The van der Waals surface area contributed by atoms with Gasteiger partial charge in [-0.1, -0.05) is 35.9 Å². The van der Waals surface area contributed by atoms with Crippen molar-refractivity contribution in [1.82, 2.24) is 0 Å². The molecule has 2 rings (SSSR count). The first-order chi connectivity index (χ1) is 8.68. The van der Waals surface area contributed by atoms with Crippen LogP contribution in [-0.4, -0.2) is 41.0 Å². The summed E-state index contributed by atoms with van der Waals surface area (Å²) in [5.41, 5.74) is 0.824. The Morgan fingerprint density at radius 2 is 2.06 bits per heavy atom. The molecule has 0 amide bonds. The number of carbonyl (C=O) groups excluding carboxylic acids is 1. The van der Waals surface area contributed by atoms with E-state index >= 15 is 0 Å². The van der Waals surface area contributed by atoms with Gasteiger partial charge in [-0.05, 0) is 5.82 Å². The van der Waals surface area contributed by atoms with Crippen LogP contribution in [0.15, 0.2) is 30.3 Å². The van der Waals surface area contributed by atoms with Gasteiger partial charge in [0.15, 0.2) is 0 Å². The van der Waals surface area contributed by atoms with E-state index in [4.69, 9.17) is 25.2 Å². The molecule has 1 saturated heterocycles. The van der Waals surface area contributed by atoms with Crippen molar-refractivity contribution in [3.05, 3.63) is 35.9 Å². The Kier molecular flexibility index (Phi) is 4.48. The van der Waals surface area contributed by atoms with Crippen molar-refractivity contribution in [3.8, 4) is 0 Å². The molecule has 0 spiro atoms. The summed E-state index contributed by atoms with van der Waals surface area (Å²) in [6, 6.07) is 9.29. The van der Waals surface area contributed by atoms with E-state index in [2.05, 4.69) is 0 Å². The van der Waals surface area contributed by atoms with Crippen molar-refractivity contribution in [2.45, 2.75) is 24.2 Å². The lowest BCUT2D eigenvalue weighted by atomic mass is 9.63. The predicted molar refractivity (Wildman–Crippen MR) is 69.8 cm³/mol. The molecular weight excluding hydrogens is 226 g/mol. The lowest BCUT2D eigenvalue weighted by Crippen LogP contribution is -2.25. The smallest absolute Gasteiger partial charge is 0.300 e. The van der Waals surface area contributed by atoms with Crippen LogP contribution in [0.2, 0.25) is 5.82 Å². The van der Waals surface area contributed by atoms with Crippen LogP contribution in [-0.2, 0) is 14.3 Å². The molecule has 3 unspecified atom stereocenters. The predicted octanol–water partition coefficient (Wildman–Crippen LogP) is 1.19.